The zero-order valence-electron chi connectivity index (χ0n) is 13.0. The highest BCUT2D eigenvalue weighted by molar-refractivity contribution is 7.89. The number of nitrogens with one attached hydrogen (secondary N) is 2. The van der Waals surface area contributed by atoms with Gasteiger partial charge in [-0.3, -0.25) is 0 Å². The van der Waals surface area contributed by atoms with Crippen molar-refractivity contribution in [2.75, 3.05) is 6.54 Å². The van der Waals surface area contributed by atoms with Crippen LogP contribution in [0, 0.1) is 12.8 Å². The lowest BCUT2D eigenvalue weighted by atomic mass is 10.1. The molecule has 0 fully saturated rings. The van der Waals surface area contributed by atoms with Crippen LogP contribution in [0.4, 0.5) is 0 Å². The first-order valence-corrected chi connectivity index (χ1v) is 8.53. The van der Waals surface area contributed by atoms with E-state index in [2.05, 4.69) is 23.9 Å². The second-order valence-electron chi connectivity index (χ2n) is 5.88. The molecule has 0 atom stereocenters. The summed E-state index contributed by atoms with van der Waals surface area (Å²) >= 11 is 0. The maximum absolute atomic E-state index is 12.3. The van der Waals surface area contributed by atoms with Gasteiger partial charge in [0.25, 0.3) is 0 Å². The van der Waals surface area contributed by atoms with Crippen LogP contribution in [0.1, 0.15) is 38.8 Å². The Morgan fingerprint density at radius 3 is 2.35 bits per heavy atom. The monoisotopic (exact) mass is 298 g/mol. The van der Waals surface area contributed by atoms with Crippen LogP contribution >= 0.6 is 0 Å². The zero-order chi connectivity index (χ0) is 15.3. The highest BCUT2D eigenvalue weighted by Gasteiger charge is 2.17. The van der Waals surface area contributed by atoms with Crippen LogP contribution in [0.2, 0.25) is 0 Å². The molecule has 0 aliphatic rings. The molecular formula is C15H26N2O2S. The van der Waals surface area contributed by atoms with Crippen LogP contribution in [0.25, 0.3) is 0 Å². The lowest BCUT2D eigenvalue weighted by Crippen LogP contribution is -2.28. The fraction of sp³-hybridized carbons (Fsp3) is 0.600. The molecule has 20 heavy (non-hydrogen) atoms. The molecule has 0 aliphatic carbocycles. The van der Waals surface area contributed by atoms with Crippen molar-refractivity contribution >= 4 is 10.0 Å². The van der Waals surface area contributed by atoms with Crippen LogP contribution in [0.3, 0.4) is 0 Å². The van der Waals surface area contributed by atoms with Gasteiger partial charge < -0.3 is 5.32 Å². The van der Waals surface area contributed by atoms with Gasteiger partial charge in [-0.2, -0.15) is 0 Å². The molecule has 0 saturated heterocycles. The predicted octanol–water partition coefficient (Wildman–Crippen LogP) is 2.43. The van der Waals surface area contributed by atoms with E-state index in [4.69, 9.17) is 0 Å². The number of sulfonamides is 1. The summed E-state index contributed by atoms with van der Waals surface area (Å²) in [7, 11) is -3.42. The molecule has 4 nitrogen and oxygen atoms in total. The van der Waals surface area contributed by atoms with Crippen LogP contribution in [-0.4, -0.2) is 21.0 Å². The van der Waals surface area contributed by atoms with Gasteiger partial charge in [0, 0.05) is 19.1 Å². The maximum Gasteiger partial charge on any atom is 0.240 e. The highest BCUT2D eigenvalue weighted by Crippen LogP contribution is 2.17. The van der Waals surface area contributed by atoms with Gasteiger partial charge in [0.15, 0.2) is 0 Å². The summed E-state index contributed by atoms with van der Waals surface area (Å²) < 4.78 is 27.3. The van der Waals surface area contributed by atoms with Gasteiger partial charge in [-0.05, 0) is 30.0 Å². The second-order valence-corrected chi connectivity index (χ2v) is 7.62. The Morgan fingerprint density at radius 1 is 1.15 bits per heavy atom. The Kier molecular flexibility index (Phi) is 6.17. The SMILES string of the molecule is Cc1ccc(CNC(C)C)cc1S(=O)(=O)NCC(C)C. The normalized spacial score (nSPS) is 12.3. The minimum absolute atomic E-state index is 0.288. The van der Waals surface area contributed by atoms with Crippen LogP contribution in [0.5, 0.6) is 0 Å². The fourth-order valence-electron chi connectivity index (χ4n) is 1.72. The average Bonchev–Trinajstić information content (AvgIpc) is 2.35. The molecule has 0 spiro atoms. The number of benzene rings is 1. The fourth-order valence-corrected chi connectivity index (χ4v) is 3.23. The molecular weight excluding hydrogens is 272 g/mol. The number of rotatable bonds is 7. The second kappa shape index (κ2) is 7.20. The van der Waals surface area contributed by atoms with Crippen molar-refractivity contribution in [3.8, 4) is 0 Å². The Balaban J connectivity index is 2.95. The van der Waals surface area contributed by atoms with Gasteiger partial charge in [0.05, 0.1) is 4.90 Å². The summed E-state index contributed by atoms with van der Waals surface area (Å²) in [4.78, 5) is 0.376. The first-order chi connectivity index (χ1) is 9.22. The molecule has 0 saturated carbocycles. The molecule has 0 aliphatic heterocycles. The zero-order valence-corrected chi connectivity index (χ0v) is 13.8. The number of hydrogen-bond donors (Lipinski definition) is 2. The van der Waals surface area contributed by atoms with Crippen molar-refractivity contribution in [1.82, 2.24) is 10.0 Å². The van der Waals surface area contributed by atoms with Crippen molar-refractivity contribution in [1.29, 1.82) is 0 Å². The summed E-state index contributed by atoms with van der Waals surface area (Å²) in [5.74, 6) is 0.288. The topological polar surface area (TPSA) is 58.2 Å². The lowest BCUT2D eigenvalue weighted by molar-refractivity contribution is 0.559. The molecule has 0 aromatic heterocycles. The quantitative estimate of drug-likeness (QED) is 0.813. The van der Waals surface area contributed by atoms with Crippen LogP contribution in [-0.2, 0) is 16.6 Å². The third kappa shape index (κ3) is 5.23. The summed E-state index contributed by atoms with van der Waals surface area (Å²) in [6.07, 6.45) is 0. The number of aryl methyl sites for hydroxylation is 1. The predicted molar refractivity (Wildman–Crippen MR) is 83.2 cm³/mol. The summed E-state index contributed by atoms with van der Waals surface area (Å²) in [5.41, 5.74) is 1.75. The van der Waals surface area contributed by atoms with Gasteiger partial charge in [-0.25, -0.2) is 13.1 Å². The average molecular weight is 298 g/mol. The minimum Gasteiger partial charge on any atom is -0.310 e. The van der Waals surface area contributed by atoms with E-state index in [0.29, 0.717) is 24.0 Å². The smallest absolute Gasteiger partial charge is 0.240 e. The largest absolute Gasteiger partial charge is 0.310 e. The number of hydrogen-bond acceptors (Lipinski definition) is 3. The van der Waals surface area contributed by atoms with Crippen molar-refractivity contribution in [2.24, 2.45) is 5.92 Å². The van der Waals surface area contributed by atoms with E-state index in [1.54, 1.807) is 6.07 Å². The lowest BCUT2D eigenvalue weighted by Gasteiger charge is -2.13. The van der Waals surface area contributed by atoms with E-state index in [9.17, 15) is 8.42 Å². The third-order valence-electron chi connectivity index (χ3n) is 2.94. The molecule has 0 heterocycles. The van der Waals surface area contributed by atoms with Gasteiger partial charge >= 0.3 is 0 Å². The van der Waals surface area contributed by atoms with E-state index >= 15 is 0 Å². The molecule has 1 rings (SSSR count). The van der Waals surface area contributed by atoms with Crippen molar-refractivity contribution in [2.45, 2.75) is 52.1 Å². The van der Waals surface area contributed by atoms with E-state index in [0.717, 1.165) is 11.1 Å². The van der Waals surface area contributed by atoms with E-state index in [1.165, 1.54) is 0 Å². The van der Waals surface area contributed by atoms with Gasteiger partial charge in [-0.15, -0.1) is 0 Å². The molecule has 2 N–H and O–H groups in total. The van der Waals surface area contributed by atoms with E-state index in [1.807, 2.05) is 32.9 Å². The molecule has 1 aromatic rings. The first kappa shape index (κ1) is 17.1. The van der Waals surface area contributed by atoms with Crippen molar-refractivity contribution in [3.63, 3.8) is 0 Å². The standard InChI is InChI=1S/C15H26N2O2S/c1-11(2)9-17-20(18,19)15-8-14(7-6-13(15)5)10-16-12(3)4/h6-8,11-12,16-17H,9-10H2,1-5H3. The Hall–Kier alpha value is -0.910. The van der Waals surface area contributed by atoms with Crippen LogP contribution < -0.4 is 10.0 Å². The van der Waals surface area contributed by atoms with Gasteiger partial charge in [0.1, 0.15) is 0 Å². The molecule has 1 aromatic carbocycles. The van der Waals surface area contributed by atoms with Gasteiger partial charge in [-0.1, -0.05) is 39.8 Å². The minimum atomic E-state index is -3.42. The maximum atomic E-state index is 12.3. The molecule has 0 unspecified atom stereocenters. The van der Waals surface area contributed by atoms with Crippen LogP contribution in [0.15, 0.2) is 23.1 Å². The molecule has 0 bridgehead atoms. The highest BCUT2D eigenvalue weighted by atomic mass is 32.2. The summed E-state index contributed by atoms with van der Waals surface area (Å²) in [5, 5.41) is 3.29. The van der Waals surface area contributed by atoms with Crippen molar-refractivity contribution in [3.05, 3.63) is 29.3 Å². The van der Waals surface area contributed by atoms with Crippen molar-refractivity contribution < 1.29 is 8.42 Å². The first-order valence-electron chi connectivity index (χ1n) is 7.05. The molecule has 114 valence electrons. The van der Waals surface area contributed by atoms with Gasteiger partial charge in [0.2, 0.25) is 10.0 Å². The third-order valence-corrected chi connectivity index (χ3v) is 4.50. The molecule has 5 heteroatoms. The Bertz CT molecular complexity index is 537. The van der Waals surface area contributed by atoms with E-state index < -0.39 is 10.0 Å². The molecule has 0 amide bonds. The molecule has 0 radical (unpaired) electrons. The van der Waals surface area contributed by atoms with E-state index in [-0.39, 0.29) is 5.92 Å². The summed E-state index contributed by atoms with van der Waals surface area (Å²) in [6, 6.07) is 5.95. The Labute approximate surface area is 123 Å². The Morgan fingerprint density at radius 2 is 1.80 bits per heavy atom. The summed E-state index contributed by atoms with van der Waals surface area (Å²) in [6.45, 7) is 11.0.